The van der Waals surface area contributed by atoms with Crippen LogP contribution in [-0.4, -0.2) is 39.0 Å². The first-order valence-electron chi connectivity index (χ1n) is 10.4. The number of hydrogen-bond donors (Lipinski definition) is 1. The Morgan fingerprint density at radius 2 is 1.94 bits per heavy atom. The Kier molecular flexibility index (Phi) is 7.00. The number of ether oxygens (including phenoxy) is 1. The molecule has 0 bridgehead atoms. The minimum Gasteiger partial charge on any atom is -0.452 e. The van der Waals surface area contributed by atoms with Gasteiger partial charge in [0.05, 0.1) is 16.1 Å². The van der Waals surface area contributed by atoms with Crippen LogP contribution in [-0.2, 0) is 26.0 Å². The zero-order valence-electron chi connectivity index (χ0n) is 18.0. The standard InChI is InChI=1S/C23H28N2O5S/c1-4-8-16(2)24-22(26)15-30-23(27)19-10-7-11-20(14-19)31(28,29)25-17(3)13-18-9-5-6-12-21(18)25/h5-7,9-12,14,16-17H,4,8,13,15H2,1-3H3,(H,24,26)/t16-,17-/m0/s1. The molecule has 0 radical (unpaired) electrons. The molecule has 8 heteroatoms. The molecule has 2 aromatic rings. The summed E-state index contributed by atoms with van der Waals surface area (Å²) in [4.78, 5) is 24.3. The first-order chi connectivity index (χ1) is 14.7. The van der Waals surface area contributed by atoms with Crippen molar-refractivity contribution in [2.24, 2.45) is 0 Å². The molecule has 1 N–H and O–H groups in total. The molecule has 0 aromatic heterocycles. The molecule has 7 nitrogen and oxygen atoms in total. The number of carbonyl (C=O) groups excluding carboxylic acids is 2. The molecule has 3 rings (SSSR count). The zero-order valence-corrected chi connectivity index (χ0v) is 18.8. The van der Waals surface area contributed by atoms with Gasteiger partial charge in [0, 0.05) is 12.1 Å². The molecule has 31 heavy (non-hydrogen) atoms. The van der Waals surface area contributed by atoms with E-state index in [9.17, 15) is 18.0 Å². The van der Waals surface area contributed by atoms with Gasteiger partial charge in [-0.25, -0.2) is 13.2 Å². The van der Waals surface area contributed by atoms with Crippen molar-refractivity contribution in [1.29, 1.82) is 0 Å². The average Bonchev–Trinajstić information content (AvgIpc) is 3.08. The molecule has 0 spiro atoms. The van der Waals surface area contributed by atoms with Crippen LogP contribution in [0.15, 0.2) is 53.4 Å². The molecular formula is C23H28N2O5S. The van der Waals surface area contributed by atoms with E-state index in [2.05, 4.69) is 5.32 Å². The number of fused-ring (bicyclic) bond motifs is 1. The van der Waals surface area contributed by atoms with Crippen molar-refractivity contribution < 1.29 is 22.7 Å². The Morgan fingerprint density at radius 1 is 1.19 bits per heavy atom. The molecule has 0 saturated heterocycles. The molecule has 2 aromatic carbocycles. The maximum absolute atomic E-state index is 13.3. The second-order valence-electron chi connectivity index (χ2n) is 7.84. The molecule has 1 aliphatic rings. The molecular weight excluding hydrogens is 416 g/mol. The lowest BCUT2D eigenvalue weighted by Gasteiger charge is -2.24. The van der Waals surface area contributed by atoms with Crippen molar-refractivity contribution in [3.63, 3.8) is 0 Å². The molecule has 0 aliphatic carbocycles. The Balaban J connectivity index is 1.74. The molecule has 0 fully saturated rings. The predicted molar refractivity (Wildman–Crippen MR) is 119 cm³/mol. The number of para-hydroxylation sites is 1. The lowest BCUT2D eigenvalue weighted by molar-refractivity contribution is -0.124. The SMILES string of the molecule is CCC[C@H](C)NC(=O)COC(=O)c1cccc(S(=O)(=O)N2c3ccccc3C[C@@H]2C)c1. The van der Waals surface area contributed by atoms with Gasteiger partial charge in [0.1, 0.15) is 0 Å². The minimum absolute atomic E-state index is 0.00463. The zero-order chi connectivity index (χ0) is 22.6. The van der Waals surface area contributed by atoms with Crippen LogP contribution in [0.1, 0.15) is 49.5 Å². The molecule has 1 heterocycles. The van der Waals surface area contributed by atoms with Crippen molar-refractivity contribution in [1.82, 2.24) is 5.32 Å². The normalized spacial score (nSPS) is 16.5. The van der Waals surface area contributed by atoms with Crippen molar-refractivity contribution in [2.45, 2.75) is 57.0 Å². The third-order valence-corrected chi connectivity index (χ3v) is 7.16. The van der Waals surface area contributed by atoms with Gasteiger partial charge in [-0.15, -0.1) is 0 Å². The van der Waals surface area contributed by atoms with Gasteiger partial charge in [-0.2, -0.15) is 0 Å². The van der Waals surface area contributed by atoms with Gasteiger partial charge in [0.25, 0.3) is 15.9 Å². The van der Waals surface area contributed by atoms with Crippen molar-refractivity contribution in [3.8, 4) is 0 Å². The summed E-state index contributed by atoms with van der Waals surface area (Å²) in [6.45, 7) is 5.34. The number of carbonyl (C=O) groups is 2. The summed E-state index contributed by atoms with van der Waals surface area (Å²) in [5.41, 5.74) is 1.70. The Morgan fingerprint density at radius 3 is 2.68 bits per heavy atom. The molecule has 1 amide bonds. The number of anilines is 1. The van der Waals surface area contributed by atoms with E-state index in [4.69, 9.17) is 4.74 Å². The predicted octanol–water partition coefficient (Wildman–Crippen LogP) is 3.29. The summed E-state index contributed by atoms with van der Waals surface area (Å²) in [5.74, 6) is -1.13. The van der Waals surface area contributed by atoms with E-state index in [0.717, 1.165) is 18.4 Å². The van der Waals surface area contributed by atoms with E-state index in [1.807, 2.05) is 32.9 Å². The van der Waals surface area contributed by atoms with Crippen LogP contribution in [0.4, 0.5) is 5.69 Å². The number of benzene rings is 2. The van der Waals surface area contributed by atoms with Crippen molar-refractivity contribution >= 4 is 27.6 Å². The first-order valence-corrected chi connectivity index (χ1v) is 11.9. The maximum atomic E-state index is 13.3. The highest BCUT2D eigenvalue weighted by atomic mass is 32.2. The van der Waals surface area contributed by atoms with Crippen LogP contribution in [0, 0.1) is 0 Å². The third-order valence-electron chi connectivity index (χ3n) is 5.23. The average molecular weight is 445 g/mol. The fourth-order valence-electron chi connectivity index (χ4n) is 3.84. The quantitative estimate of drug-likeness (QED) is 0.631. The second-order valence-corrected chi connectivity index (χ2v) is 9.66. The minimum atomic E-state index is -3.86. The summed E-state index contributed by atoms with van der Waals surface area (Å²) < 4.78 is 33.2. The number of sulfonamides is 1. The van der Waals surface area contributed by atoms with Gasteiger partial charge < -0.3 is 10.1 Å². The highest BCUT2D eigenvalue weighted by molar-refractivity contribution is 7.92. The summed E-state index contributed by atoms with van der Waals surface area (Å²) >= 11 is 0. The van der Waals surface area contributed by atoms with Crippen LogP contribution >= 0.6 is 0 Å². The monoisotopic (exact) mass is 444 g/mol. The van der Waals surface area contributed by atoms with Crippen molar-refractivity contribution in [2.75, 3.05) is 10.9 Å². The van der Waals surface area contributed by atoms with E-state index >= 15 is 0 Å². The fourth-order valence-corrected chi connectivity index (χ4v) is 5.58. The number of esters is 1. The van der Waals surface area contributed by atoms with Crippen molar-refractivity contribution in [3.05, 3.63) is 59.7 Å². The number of nitrogens with one attached hydrogen (secondary N) is 1. The molecule has 0 unspecified atom stereocenters. The van der Waals surface area contributed by atoms with E-state index in [0.29, 0.717) is 12.1 Å². The first kappa shape index (κ1) is 22.8. The van der Waals surface area contributed by atoms with Crippen LogP contribution in [0.5, 0.6) is 0 Å². The van der Waals surface area contributed by atoms with Gasteiger partial charge in [0.2, 0.25) is 0 Å². The van der Waals surface area contributed by atoms with E-state index in [1.54, 1.807) is 12.1 Å². The molecule has 0 saturated carbocycles. The third kappa shape index (κ3) is 5.07. The van der Waals surface area contributed by atoms with Gasteiger partial charge in [0.15, 0.2) is 6.61 Å². The highest BCUT2D eigenvalue weighted by Crippen LogP contribution is 2.36. The second kappa shape index (κ2) is 9.51. The largest absolute Gasteiger partial charge is 0.452 e. The Bertz CT molecular complexity index is 1070. The van der Waals surface area contributed by atoms with Crippen LogP contribution < -0.4 is 9.62 Å². The summed E-state index contributed by atoms with van der Waals surface area (Å²) in [6.07, 6.45) is 2.39. The molecule has 2 atom stereocenters. The number of amides is 1. The van der Waals surface area contributed by atoms with Gasteiger partial charge >= 0.3 is 5.97 Å². The van der Waals surface area contributed by atoms with Crippen LogP contribution in [0.2, 0.25) is 0 Å². The lowest BCUT2D eigenvalue weighted by Crippen LogP contribution is -2.36. The van der Waals surface area contributed by atoms with Gasteiger partial charge in [-0.05, 0) is 56.5 Å². The van der Waals surface area contributed by atoms with Crippen LogP contribution in [0.25, 0.3) is 0 Å². The number of hydrogen-bond acceptors (Lipinski definition) is 5. The Hall–Kier alpha value is -2.87. The Labute approximate surface area is 183 Å². The van der Waals surface area contributed by atoms with Crippen LogP contribution in [0.3, 0.4) is 0 Å². The molecule has 1 aliphatic heterocycles. The molecule has 166 valence electrons. The topological polar surface area (TPSA) is 92.8 Å². The van der Waals surface area contributed by atoms with E-state index in [1.165, 1.54) is 28.6 Å². The van der Waals surface area contributed by atoms with E-state index in [-0.39, 0.29) is 28.4 Å². The fraction of sp³-hybridized carbons (Fsp3) is 0.391. The number of rotatable bonds is 8. The lowest BCUT2D eigenvalue weighted by atomic mass is 10.1. The van der Waals surface area contributed by atoms with Gasteiger partial charge in [-0.1, -0.05) is 37.6 Å². The van der Waals surface area contributed by atoms with Gasteiger partial charge in [-0.3, -0.25) is 9.10 Å². The summed E-state index contributed by atoms with van der Waals surface area (Å²) in [7, 11) is -3.86. The van der Waals surface area contributed by atoms with E-state index < -0.39 is 22.6 Å². The summed E-state index contributed by atoms with van der Waals surface area (Å²) in [5, 5.41) is 2.76. The number of nitrogens with zero attached hydrogens (tertiary/aromatic N) is 1. The smallest absolute Gasteiger partial charge is 0.338 e. The highest BCUT2D eigenvalue weighted by Gasteiger charge is 2.36. The summed E-state index contributed by atoms with van der Waals surface area (Å²) in [6, 6.07) is 12.9. The maximum Gasteiger partial charge on any atom is 0.338 e.